The minimum Gasteiger partial charge on any atom is -0.465 e. The summed E-state index contributed by atoms with van der Waals surface area (Å²) in [5.74, 6) is -0.283. The third-order valence-electron chi connectivity index (χ3n) is 7.45. The van der Waals surface area contributed by atoms with E-state index < -0.39 is 18.2 Å². The van der Waals surface area contributed by atoms with Gasteiger partial charge in [0.15, 0.2) is 0 Å². The van der Waals surface area contributed by atoms with Crippen LogP contribution in [0, 0.1) is 0 Å². The molecule has 0 bridgehead atoms. The maximum atomic E-state index is 12.9. The summed E-state index contributed by atoms with van der Waals surface area (Å²) in [5.41, 5.74) is 0. The second-order valence-corrected chi connectivity index (χ2v) is 10.2. The SMILES string of the molecule is CCCCCCCCCCCCCCCCNC(=O)[C@@H]1CCCN1C(=O)C1CCCN1C(=O)O. The molecule has 0 aromatic carbocycles. The first-order valence-electron chi connectivity index (χ1n) is 14.1. The number of hydrogen-bond acceptors (Lipinski definition) is 3. The van der Waals surface area contributed by atoms with E-state index in [-0.39, 0.29) is 11.8 Å². The number of nitrogens with zero attached hydrogens (tertiary/aromatic N) is 2. The molecule has 2 N–H and O–H groups in total. The number of rotatable bonds is 17. The van der Waals surface area contributed by atoms with Crippen LogP contribution in [0.1, 0.15) is 122 Å². The summed E-state index contributed by atoms with van der Waals surface area (Å²) in [7, 11) is 0. The van der Waals surface area contributed by atoms with Gasteiger partial charge in [0.1, 0.15) is 12.1 Å². The van der Waals surface area contributed by atoms with E-state index in [9.17, 15) is 19.5 Å². The summed E-state index contributed by atoms with van der Waals surface area (Å²) in [6.45, 7) is 3.86. The first-order chi connectivity index (χ1) is 16.6. The number of hydrogen-bond donors (Lipinski definition) is 2. The molecule has 2 rings (SSSR count). The number of likely N-dealkylation sites (tertiary alicyclic amines) is 2. The Balaban J connectivity index is 1.49. The Kier molecular flexibility index (Phi) is 14.0. The van der Waals surface area contributed by atoms with Crippen LogP contribution in [0.15, 0.2) is 0 Å². The Morgan fingerprint density at radius 1 is 0.706 bits per heavy atom. The van der Waals surface area contributed by atoms with Crippen molar-refractivity contribution >= 4 is 17.9 Å². The first kappa shape index (κ1) is 28.4. The van der Waals surface area contributed by atoms with Gasteiger partial charge in [-0.05, 0) is 32.1 Å². The van der Waals surface area contributed by atoms with Crippen molar-refractivity contribution in [2.24, 2.45) is 0 Å². The van der Waals surface area contributed by atoms with Gasteiger partial charge in [0.2, 0.25) is 11.8 Å². The van der Waals surface area contributed by atoms with E-state index in [2.05, 4.69) is 12.2 Å². The van der Waals surface area contributed by atoms with Crippen molar-refractivity contribution < 1.29 is 19.5 Å². The second kappa shape index (κ2) is 16.8. The number of carbonyl (C=O) groups is 3. The molecule has 7 nitrogen and oxygen atoms in total. The molecule has 34 heavy (non-hydrogen) atoms. The Morgan fingerprint density at radius 3 is 1.71 bits per heavy atom. The monoisotopic (exact) mass is 479 g/mol. The van der Waals surface area contributed by atoms with Gasteiger partial charge in [-0.25, -0.2) is 4.79 Å². The van der Waals surface area contributed by atoms with Crippen LogP contribution in [-0.4, -0.2) is 64.5 Å². The maximum absolute atomic E-state index is 12.9. The lowest BCUT2D eigenvalue weighted by molar-refractivity contribution is -0.141. The molecule has 7 heteroatoms. The third kappa shape index (κ3) is 9.83. The highest BCUT2D eigenvalue weighted by atomic mass is 16.4. The highest BCUT2D eigenvalue weighted by Crippen LogP contribution is 2.25. The topological polar surface area (TPSA) is 90.0 Å². The average Bonchev–Trinajstić information content (AvgIpc) is 3.51. The molecule has 3 amide bonds. The van der Waals surface area contributed by atoms with Gasteiger partial charge in [0.25, 0.3) is 0 Å². The molecule has 0 spiro atoms. The molecule has 2 atom stereocenters. The van der Waals surface area contributed by atoms with Crippen molar-refractivity contribution in [3.8, 4) is 0 Å². The van der Waals surface area contributed by atoms with Crippen molar-refractivity contribution in [1.82, 2.24) is 15.1 Å². The van der Waals surface area contributed by atoms with E-state index >= 15 is 0 Å². The zero-order valence-corrected chi connectivity index (χ0v) is 21.6. The van der Waals surface area contributed by atoms with E-state index in [0.29, 0.717) is 38.9 Å². The van der Waals surface area contributed by atoms with E-state index in [1.165, 1.54) is 81.9 Å². The van der Waals surface area contributed by atoms with Gasteiger partial charge < -0.3 is 15.3 Å². The fourth-order valence-electron chi connectivity index (χ4n) is 5.40. The van der Waals surface area contributed by atoms with Gasteiger partial charge in [-0.2, -0.15) is 0 Å². The fraction of sp³-hybridized carbons (Fsp3) is 0.889. The smallest absolute Gasteiger partial charge is 0.407 e. The molecule has 0 aromatic heterocycles. The quantitative estimate of drug-likeness (QED) is 0.261. The second-order valence-electron chi connectivity index (χ2n) is 10.2. The zero-order chi connectivity index (χ0) is 24.6. The molecular formula is C27H49N3O4. The minimum absolute atomic E-state index is 0.0829. The summed E-state index contributed by atoms with van der Waals surface area (Å²) in [5, 5.41) is 12.3. The van der Waals surface area contributed by atoms with E-state index in [1.54, 1.807) is 4.90 Å². The van der Waals surface area contributed by atoms with Crippen molar-refractivity contribution in [2.75, 3.05) is 19.6 Å². The normalized spacial score (nSPS) is 20.1. The first-order valence-corrected chi connectivity index (χ1v) is 14.1. The van der Waals surface area contributed by atoms with Crippen molar-refractivity contribution in [2.45, 2.75) is 135 Å². The Hall–Kier alpha value is -1.79. The van der Waals surface area contributed by atoms with Crippen LogP contribution < -0.4 is 5.32 Å². The zero-order valence-electron chi connectivity index (χ0n) is 21.6. The standard InChI is InChI=1S/C27H49N3O4/c1-2-3-4-5-6-7-8-9-10-11-12-13-14-15-20-28-25(31)23-18-16-21-29(23)26(32)24-19-17-22-30(24)27(33)34/h23-24H,2-22H2,1H3,(H,28,31)(H,33,34)/t23-,24?/m0/s1. The highest BCUT2D eigenvalue weighted by Gasteiger charge is 2.41. The molecule has 2 fully saturated rings. The van der Waals surface area contributed by atoms with Crippen molar-refractivity contribution in [1.29, 1.82) is 0 Å². The summed E-state index contributed by atoms with van der Waals surface area (Å²) >= 11 is 0. The Labute approximate surface area is 207 Å². The van der Waals surface area contributed by atoms with Crippen molar-refractivity contribution in [3.63, 3.8) is 0 Å². The lowest BCUT2D eigenvalue weighted by Crippen LogP contribution is -2.52. The predicted octanol–water partition coefficient (Wildman–Crippen LogP) is 5.72. The van der Waals surface area contributed by atoms with E-state index in [4.69, 9.17) is 0 Å². The molecule has 2 aliphatic rings. The molecule has 2 saturated heterocycles. The third-order valence-corrected chi connectivity index (χ3v) is 7.45. The van der Waals surface area contributed by atoms with Crippen LogP contribution in [-0.2, 0) is 9.59 Å². The molecular weight excluding hydrogens is 430 g/mol. The Morgan fingerprint density at radius 2 is 1.18 bits per heavy atom. The molecule has 0 aromatic rings. The maximum Gasteiger partial charge on any atom is 0.407 e. The van der Waals surface area contributed by atoms with Crippen LogP contribution >= 0.6 is 0 Å². The summed E-state index contributed by atoms with van der Waals surface area (Å²) in [6.07, 6.45) is 20.0. The minimum atomic E-state index is -1.05. The van der Waals surface area contributed by atoms with Crippen LogP contribution in [0.2, 0.25) is 0 Å². The summed E-state index contributed by atoms with van der Waals surface area (Å²) in [6, 6.07) is -1.08. The fourth-order valence-corrected chi connectivity index (χ4v) is 5.40. The molecule has 0 aliphatic carbocycles. The van der Waals surface area contributed by atoms with Gasteiger partial charge in [0.05, 0.1) is 0 Å². The molecule has 0 radical (unpaired) electrons. The van der Waals surface area contributed by atoms with E-state index in [0.717, 1.165) is 19.3 Å². The van der Waals surface area contributed by atoms with Gasteiger partial charge in [0, 0.05) is 19.6 Å². The van der Waals surface area contributed by atoms with Crippen LogP contribution in [0.4, 0.5) is 4.79 Å². The van der Waals surface area contributed by atoms with Gasteiger partial charge in [-0.1, -0.05) is 90.4 Å². The van der Waals surface area contributed by atoms with E-state index in [1.807, 2.05) is 0 Å². The molecule has 2 heterocycles. The number of carboxylic acid groups (broad SMARTS) is 1. The molecule has 2 aliphatic heterocycles. The predicted molar refractivity (Wildman–Crippen MR) is 136 cm³/mol. The largest absolute Gasteiger partial charge is 0.465 e. The van der Waals surface area contributed by atoms with Crippen LogP contribution in [0.3, 0.4) is 0 Å². The summed E-state index contributed by atoms with van der Waals surface area (Å²) < 4.78 is 0. The highest BCUT2D eigenvalue weighted by molar-refractivity contribution is 5.92. The number of amides is 3. The average molecular weight is 480 g/mol. The van der Waals surface area contributed by atoms with Crippen LogP contribution in [0.25, 0.3) is 0 Å². The number of carbonyl (C=O) groups excluding carboxylic acids is 2. The van der Waals surface area contributed by atoms with Crippen molar-refractivity contribution in [3.05, 3.63) is 0 Å². The van der Waals surface area contributed by atoms with Gasteiger partial charge in [-0.15, -0.1) is 0 Å². The van der Waals surface area contributed by atoms with Gasteiger partial charge >= 0.3 is 6.09 Å². The van der Waals surface area contributed by atoms with Gasteiger partial charge in [-0.3, -0.25) is 14.5 Å². The molecule has 196 valence electrons. The summed E-state index contributed by atoms with van der Waals surface area (Å²) in [4.78, 5) is 39.9. The lowest BCUT2D eigenvalue weighted by Gasteiger charge is -2.29. The van der Waals surface area contributed by atoms with Crippen LogP contribution in [0.5, 0.6) is 0 Å². The molecule has 0 saturated carbocycles. The Bertz CT molecular complexity index is 613. The molecule has 1 unspecified atom stereocenters. The lowest BCUT2D eigenvalue weighted by atomic mass is 10.0. The number of unbranched alkanes of at least 4 members (excludes halogenated alkanes) is 13. The number of nitrogens with one attached hydrogen (secondary N) is 1.